The van der Waals surface area contributed by atoms with Gasteiger partial charge in [-0.05, 0) is 12.1 Å². The molecule has 15 heteroatoms. The van der Waals surface area contributed by atoms with Crippen LogP contribution in [0, 0.1) is 0 Å². The predicted molar refractivity (Wildman–Crippen MR) is 121 cm³/mol. The van der Waals surface area contributed by atoms with Gasteiger partial charge >= 0.3 is 11.9 Å². The highest BCUT2D eigenvalue weighted by molar-refractivity contribution is 6.47. The molecule has 2 aromatic rings. The molecule has 6 unspecified atom stereocenters. The first-order valence-corrected chi connectivity index (χ1v) is 11.2. The number of phenols is 3. The van der Waals surface area contributed by atoms with Gasteiger partial charge in [0.25, 0.3) is 0 Å². The lowest BCUT2D eigenvalue weighted by Crippen LogP contribution is -2.60. The molecule has 0 spiro atoms. The SMILES string of the molecule is O=C(O)CC(=O)OCC1OC(Oc2cc(O)c3c(c2)OC(c2ccc(O)c(O)c2)C(=O)C3=O)C(O)C(O)C1O. The minimum absolute atomic E-state index is 0.0172. The second-order valence-electron chi connectivity index (χ2n) is 8.64. The van der Waals surface area contributed by atoms with Crippen LogP contribution >= 0.6 is 0 Å². The van der Waals surface area contributed by atoms with Crippen LogP contribution in [-0.4, -0.2) is 96.6 Å². The first-order valence-electron chi connectivity index (χ1n) is 11.2. The number of hydrogen-bond acceptors (Lipinski definition) is 14. The number of hydrogen-bond donors (Lipinski definition) is 7. The molecule has 6 atom stereocenters. The lowest BCUT2D eigenvalue weighted by Gasteiger charge is -2.40. The van der Waals surface area contributed by atoms with Crippen LogP contribution in [0.1, 0.15) is 28.4 Å². The number of aliphatic hydroxyl groups excluding tert-OH is 3. The molecule has 208 valence electrons. The van der Waals surface area contributed by atoms with E-state index >= 15 is 0 Å². The Kier molecular flexibility index (Phi) is 7.60. The van der Waals surface area contributed by atoms with Gasteiger partial charge in [0, 0.05) is 17.7 Å². The fraction of sp³-hybridized carbons (Fsp3) is 0.333. The van der Waals surface area contributed by atoms with Crippen molar-refractivity contribution < 1.29 is 73.9 Å². The highest BCUT2D eigenvalue weighted by Crippen LogP contribution is 2.42. The Hall–Kier alpha value is -4.44. The highest BCUT2D eigenvalue weighted by atomic mass is 16.7. The van der Waals surface area contributed by atoms with Crippen molar-refractivity contribution in [2.45, 2.75) is 43.2 Å². The van der Waals surface area contributed by atoms with Gasteiger partial charge in [-0.15, -0.1) is 0 Å². The first kappa shape index (κ1) is 27.6. The van der Waals surface area contributed by atoms with E-state index in [9.17, 15) is 49.8 Å². The van der Waals surface area contributed by atoms with Crippen LogP contribution < -0.4 is 9.47 Å². The number of carbonyl (C=O) groups excluding carboxylic acids is 3. The number of aliphatic carboxylic acids is 1. The van der Waals surface area contributed by atoms with Crippen molar-refractivity contribution in [1.29, 1.82) is 0 Å². The second-order valence-corrected chi connectivity index (χ2v) is 8.64. The largest absolute Gasteiger partial charge is 0.507 e. The summed E-state index contributed by atoms with van der Waals surface area (Å²) in [7, 11) is 0. The second kappa shape index (κ2) is 10.7. The molecular weight excluding hydrogens is 528 g/mol. The number of carboxylic acids is 1. The average molecular weight is 550 g/mol. The minimum atomic E-state index is -1.86. The molecule has 0 bridgehead atoms. The normalized spacial score (nSPS) is 26.3. The fourth-order valence-corrected chi connectivity index (χ4v) is 3.95. The number of carboxylic acid groups (broad SMARTS) is 1. The molecule has 0 amide bonds. The van der Waals surface area contributed by atoms with E-state index in [4.69, 9.17) is 24.1 Å². The van der Waals surface area contributed by atoms with E-state index in [1.54, 1.807) is 0 Å². The molecule has 39 heavy (non-hydrogen) atoms. The molecule has 0 saturated carbocycles. The van der Waals surface area contributed by atoms with Gasteiger partial charge < -0.3 is 54.7 Å². The fourth-order valence-electron chi connectivity index (χ4n) is 3.95. The van der Waals surface area contributed by atoms with Crippen molar-refractivity contribution in [3.05, 3.63) is 41.5 Å². The third-order valence-electron chi connectivity index (χ3n) is 5.92. The standard InChI is InChI=1S/C24H22O15/c25-10-2-1-8(3-11(10)26)23-21(34)19(32)17-12(27)4-9(5-13(17)38-23)37-24-22(35)20(33)18(31)14(39-24)7-36-16(30)6-15(28)29/h1-5,14,18,20,22-27,31,33,35H,6-7H2,(H,28,29). The predicted octanol–water partition coefficient (Wildman–Crippen LogP) is -1.11. The van der Waals surface area contributed by atoms with Crippen LogP contribution in [0.25, 0.3) is 0 Å². The van der Waals surface area contributed by atoms with E-state index in [1.807, 2.05) is 0 Å². The Morgan fingerprint density at radius 3 is 2.28 bits per heavy atom. The number of aliphatic hydroxyl groups is 3. The van der Waals surface area contributed by atoms with Crippen molar-refractivity contribution in [2.24, 2.45) is 0 Å². The summed E-state index contributed by atoms with van der Waals surface area (Å²) < 4.78 is 21.2. The van der Waals surface area contributed by atoms with E-state index in [1.165, 1.54) is 6.07 Å². The number of phenolic OH excluding ortho intramolecular Hbond substituents is 3. The highest BCUT2D eigenvalue weighted by Gasteiger charge is 2.46. The Labute approximate surface area is 218 Å². The lowest BCUT2D eigenvalue weighted by molar-refractivity contribution is -0.278. The number of benzene rings is 2. The molecule has 0 aromatic heterocycles. The van der Waals surface area contributed by atoms with Crippen molar-refractivity contribution in [3.63, 3.8) is 0 Å². The van der Waals surface area contributed by atoms with Gasteiger partial charge in [-0.1, -0.05) is 6.07 Å². The monoisotopic (exact) mass is 550 g/mol. The molecule has 15 nitrogen and oxygen atoms in total. The molecule has 2 aliphatic rings. The number of carbonyl (C=O) groups is 4. The molecule has 7 N–H and O–H groups in total. The van der Waals surface area contributed by atoms with Gasteiger partial charge in [-0.2, -0.15) is 0 Å². The molecular formula is C24H22O15. The van der Waals surface area contributed by atoms with Crippen LogP contribution in [-0.2, 0) is 23.9 Å². The number of aromatic hydroxyl groups is 3. The summed E-state index contributed by atoms with van der Waals surface area (Å²) in [5.41, 5.74) is -0.473. The maximum absolute atomic E-state index is 12.7. The van der Waals surface area contributed by atoms with Crippen LogP contribution in [0.15, 0.2) is 30.3 Å². The molecule has 2 aromatic carbocycles. The van der Waals surface area contributed by atoms with Gasteiger partial charge in [-0.3, -0.25) is 19.2 Å². The lowest BCUT2D eigenvalue weighted by atomic mass is 9.94. The number of ketones is 2. The number of ether oxygens (including phenoxy) is 4. The topological polar surface area (TPSA) is 247 Å². The van der Waals surface area contributed by atoms with E-state index < -0.39 is 96.2 Å². The van der Waals surface area contributed by atoms with Crippen molar-refractivity contribution in [1.82, 2.24) is 0 Å². The number of fused-ring (bicyclic) bond motifs is 1. The minimum Gasteiger partial charge on any atom is -0.507 e. The van der Waals surface area contributed by atoms with Gasteiger partial charge in [0.2, 0.25) is 17.9 Å². The first-order chi connectivity index (χ1) is 18.4. The molecule has 1 fully saturated rings. The molecule has 1 saturated heterocycles. The van der Waals surface area contributed by atoms with Crippen LogP contribution in [0.5, 0.6) is 28.7 Å². The van der Waals surface area contributed by atoms with E-state index in [0.717, 1.165) is 24.3 Å². The average Bonchev–Trinajstić information content (AvgIpc) is 2.86. The van der Waals surface area contributed by atoms with Crippen LogP contribution in [0.4, 0.5) is 0 Å². The third-order valence-corrected chi connectivity index (χ3v) is 5.92. The molecule has 0 aliphatic carbocycles. The maximum atomic E-state index is 12.7. The zero-order chi connectivity index (χ0) is 28.6. The van der Waals surface area contributed by atoms with Gasteiger partial charge in [0.1, 0.15) is 60.3 Å². The number of rotatable bonds is 7. The van der Waals surface area contributed by atoms with E-state index in [-0.39, 0.29) is 17.1 Å². The Morgan fingerprint density at radius 1 is 0.897 bits per heavy atom. The summed E-state index contributed by atoms with van der Waals surface area (Å²) in [6.45, 7) is -0.701. The smallest absolute Gasteiger partial charge is 0.317 e. The molecule has 2 heterocycles. The van der Waals surface area contributed by atoms with Crippen molar-refractivity contribution in [3.8, 4) is 28.7 Å². The summed E-state index contributed by atoms with van der Waals surface area (Å²) in [4.78, 5) is 47.4. The van der Waals surface area contributed by atoms with E-state index in [0.29, 0.717) is 0 Å². The van der Waals surface area contributed by atoms with Crippen LogP contribution in [0.2, 0.25) is 0 Å². The van der Waals surface area contributed by atoms with Gasteiger partial charge in [0.15, 0.2) is 17.6 Å². The Bertz CT molecular complexity index is 1320. The summed E-state index contributed by atoms with van der Waals surface area (Å²) in [5, 5.41) is 69.0. The van der Waals surface area contributed by atoms with Crippen molar-refractivity contribution in [2.75, 3.05) is 6.61 Å². The van der Waals surface area contributed by atoms with Crippen LogP contribution in [0.3, 0.4) is 0 Å². The molecule has 4 rings (SSSR count). The zero-order valence-electron chi connectivity index (χ0n) is 19.7. The summed E-state index contributed by atoms with van der Waals surface area (Å²) in [6, 6.07) is 5.30. The third kappa shape index (κ3) is 5.56. The summed E-state index contributed by atoms with van der Waals surface area (Å²) in [5.74, 6) is -7.19. The summed E-state index contributed by atoms with van der Waals surface area (Å²) >= 11 is 0. The molecule has 2 aliphatic heterocycles. The Morgan fingerprint density at radius 2 is 1.62 bits per heavy atom. The van der Waals surface area contributed by atoms with Gasteiger partial charge in [0.05, 0.1) is 0 Å². The van der Waals surface area contributed by atoms with Crippen molar-refractivity contribution >= 4 is 23.5 Å². The van der Waals surface area contributed by atoms with E-state index in [2.05, 4.69) is 0 Å². The molecule has 0 radical (unpaired) electrons. The Balaban J connectivity index is 1.55. The quantitative estimate of drug-likeness (QED) is 0.0935. The summed E-state index contributed by atoms with van der Waals surface area (Å²) in [6.07, 6.45) is -11.2. The van der Waals surface area contributed by atoms with Gasteiger partial charge in [-0.25, -0.2) is 0 Å². The number of esters is 1. The number of Topliss-reactive ketones (excluding diaryl/α,β-unsaturated/α-hetero) is 2. The zero-order valence-corrected chi connectivity index (χ0v) is 19.7. The maximum Gasteiger partial charge on any atom is 0.317 e.